The summed E-state index contributed by atoms with van der Waals surface area (Å²) in [4.78, 5) is 24.0. The number of aromatic amines is 2. The molecule has 0 fully saturated rings. The maximum atomic E-state index is 15.0. The molecule has 0 aliphatic heterocycles. The molecule has 0 atom stereocenters. The standard InChI is InChI=1S/C22H18FN7O3/c1-11-8-12-13(27-11)5-6-16(19(12)23)33-22-18(21(31)24-2)20(25-10-26-22)28-17-9-14(29-30-17)15-4-3-7-32-15/h3-10,27H,1-2H3,(H,24,31)(H2,25,26,28,29,30). The maximum Gasteiger partial charge on any atom is 0.260 e. The summed E-state index contributed by atoms with van der Waals surface area (Å²) in [5.74, 6) is -0.158. The average Bonchev–Trinajstić information content (AvgIpc) is 3.56. The normalized spacial score (nSPS) is 11.0. The number of anilines is 2. The summed E-state index contributed by atoms with van der Waals surface area (Å²) in [6.07, 6.45) is 2.76. The van der Waals surface area contributed by atoms with Crippen LogP contribution in [-0.2, 0) is 0 Å². The molecule has 4 N–H and O–H groups in total. The van der Waals surface area contributed by atoms with Gasteiger partial charge in [0.1, 0.15) is 17.6 Å². The molecule has 1 aromatic carbocycles. The Bertz CT molecular complexity index is 1460. The van der Waals surface area contributed by atoms with E-state index >= 15 is 4.39 Å². The lowest BCUT2D eigenvalue weighted by atomic mass is 10.2. The summed E-state index contributed by atoms with van der Waals surface area (Å²) in [5, 5.41) is 12.9. The molecule has 0 radical (unpaired) electrons. The highest BCUT2D eigenvalue weighted by Gasteiger charge is 2.23. The zero-order valence-electron chi connectivity index (χ0n) is 17.6. The van der Waals surface area contributed by atoms with Crippen LogP contribution >= 0.6 is 0 Å². The second-order valence-electron chi connectivity index (χ2n) is 7.14. The number of hydrogen-bond acceptors (Lipinski definition) is 7. The molecule has 5 rings (SSSR count). The lowest BCUT2D eigenvalue weighted by Crippen LogP contribution is -2.21. The van der Waals surface area contributed by atoms with Crippen LogP contribution in [0, 0.1) is 12.7 Å². The monoisotopic (exact) mass is 447 g/mol. The predicted molar refractivity (Wildman–Crippen MR) is 118 cm³/mol. The fourth-order valence-corrected chi connectivity index (χ4v) is 3.41. The molecule has 4 aromatic heterocycles. The Labute approximate surface area is 186 Å². The molecule has 0 aliphatic carbocycles. The van der Waals surface area contributed by atoms with Gasteiger partial charge in [0.2, 0.25) is 5.88 Å². The van der Waals surface area contributed by atoms with Crippen LogP contribution in [0.15, 0.2) is 53.4 Å². The van der Waals surface area contributed by atoms with Gasteiger partial charge in [0.05, 0.1) is 6.26 Å². The van der Waals surface area contributed by atoms with Crippen molar-refractivity contribution >= 4 is 28.4 Å². The topological polar surface area (TPSA) is 134 Å². The van der Waals surface area contributed by atoms with Gasteiger partial charge in [-0.25, -0.2) is 14.4 Å². The van der Waals surface area contributed by atoms with E-state index in [-0.39, 0.29) is 23.0 Å². The van der Waals surface area contributed by atoms with Crippen molar-refractivity contribution in [2.75, 3.05) is 12.4 Å². The van der Waals surface area contributed by atoms with Crippen LogP contribution in [0.1, 0.15) is 16.1 Å². The summed E-state index contributed by atoms with van der Waals surface area (Å²) >= 11 is 0. The van der Waals surface area contributed by atoms with Crippen molar-refractivity contribution in [1.82, 2.24) is 30.5 Å². The third-order valence-electron chi connectivity index (χ3n) is 4.92. The van der Waals surface area contributed by atoms with Gasteiger partial charge in [-0.05, 0) is 37.3 Å². The number of fused-ring (bicyclic) bond motifs is 1. The molecule has 4 heterocycles. The van der Waals surface area contributed by atoms with Crippen molar-refractivity contribution in [3.8, 4) is 23.1 Å². The number of H-pyrrole nitrogens is 2. The lowest BCUT2D eigenvalue weighted by molar-refractivity contribution is 0.0960. The number of ether oxygens (including phenoxy) is 1. The molecular weight excluding hydrogens is 429 g/mol. The second kappa shape index (κ2) is 8.11. The number of rotatable bonds is 6. The first kappa shape index (κ1) is 20.2. The number of hydrogen-bond donors (Lipinski definition) is 4. The van der Waals surface area contributed by atoms with E-state index in [0.29, 0.717) is 28.2 Å². The quantitative estimate of drug-likeness (QED) is 0.305. The highest BCUT2D eigenvalue weighted by molar-refractivity contribution is 6.01. The molecule has 0 unspecified atom stereocenters. The number of nitrogens with one attached hydrogen (secondary N) is 4. The van der Waals surface area contributed by atoms with Crippen LogP contribution < -0.4 is 15.4 Å². The van der Waals surface area contributed by atoms with Crippen molar-refractivity contribution in [3.05, 3.63) is 66.1 Å². The van der Waals surface area contributed by atoms with Gasteiger partial charge < -0.3 is 24.8 Å². The number of nitrogens with zero attached hydrogens (tertiary/aromatic N) is 3. The van der Waals surface area contributed by atoms with Gasteiger partial charge in [0.25, 0.3) is 5.91 Å². The molecule has 5 aromatic rings. The van der Waals surface area contributed by atoms with Crippen molar-refractivity contribution in [3.63, 3.8) is 0 Å². The number of amides is 1. The summed E-state index contributed by atoms with van der Waals surface area (Å²) < 4.78 is 26.1. The Morgan fingerprint density at radius 1 is 1.21 bits per heavy atom. The molecule has 0 spiro atoms. The summed E-state index contributed by atoms with van der Waals surface area (Å²) in [7, 11) is 1.46. The largest absolute Gasteiger partial charge is 0.463 e. The average molecular weight is 447 g/mol. The molecule has 166 valence electrons. The van der Waals surface area contributed by atoms with Crippen molar-refractivity contribution < 1.29 is 18.3 Å². The molecule has 1 amide bonds. The Kier molecular flexibility index (Phi) is 4.98. The molecule has 11 heteroatoms. The van der Waals surface area contributed by atoms with E-state index in [4.69, 9.17) is 9.15 Å². The minimum Gasteiger partial charge on any atom is -0.463 e. The summed E-state index contributed by atoms with van der Waals surface area (Å²) in [6.45, 7) is 1.83. The van der Waals surface area contributed by atoms with Gasteiger partial charge in [-0.15, -0.1) is 0 Å². The van der Waals surface area contributed by atoms with E-state index < -0.39 is 11.7 Å². The van der Waals surface area contributed by atoms with E-state index in [1.54, 1.807) is 36.6 Å². The number of halogens is 1. The van der Waals surface area contributed by atoms with Crippen molar-refractivity contribution in [2.24, 2.45) is 0 Å². The molecular formula is C22H18FN7O3. The van der Waals surface area contributed by atoms with Crippen LogP contribution in [-0.4, -0.2) is 38.1 Å². The van der Waals surface area contributed by atoms with Gasteiger partial charge in [0.15, 0.2) is 29.0 Å². The summed E-state index contributed by atoms with van der Waals surface area (Å²) in [6, 6.07) is 10.1. The van der Waals surface area contributed by atoms with Gasteiger partial charge in [-0.3, -0.25) is 9.89 Å². The number of benzene rings is 1. The smallest absolute Gasteiger partial charge is 0.260 e. The lowest BCUT2D eigenvalue weighted by Gasteiger charge is -2.13. The van der Waals surface area contributed by atoms with E-state index in [2.05, 4.69) is 35.8 Å². The van der Waals surface area contributed by atoms with Gasteiger partial charge >= 0.3 is 0 Å². The minimum atomic E-state index is -0.566. The fraction of sp³-hybridized carbons (Fsp3) is 0.0909. The van der Waals surface area contributed by atoms with Crippen molar-refractivity contribution in [2.45, 2.75) is 6.92 Å². The number of carbonyl (C=O) groups excluding carboxylic acids is 1. The maximum absolute atomic E-state index is 15.0. The first-order valence-electron chi connectivity index (χ1n) is 9.92. The van der Waals surface area contributed by atoms with Crippen LogP contribution in [0.2, 0.25) is 0 Å². The van der Waals surface area contributed by atoms with E-state index in [0.717, 1.165) is 5.69 Å². The van der Waals surface area contributed by atoms with Gasteiger partial charge in [0, 0.05) is 29.7 Å². The van der Waals surface area contributed by atoms with E-state index in [1.165, 1.54) is 19.4 Å². The van der Waals surface area contributed by atoms with Gasteiger partial charge in [-0.1, -0.05) is 0 Å². The third kappa shape index (κ3) is 3.76. The Hall–Kier alpha value is -4.67. The zero-order valence-corrected chi connectivity index (χ0v) is 17.6. The Morgan fingerprint density at radius 3 is 2.88 bits per heavy atom. The van der Waals surface area contributed by atoms with Crippen LogP contribution in [0.5, 0.6) is 11.6 Å². The Morgan fingerprint density at radius 2 is 2.09 bits per heavy atom. The second-order valence-corrected chi connectivity index (χ2v) is 7.14. The highest BCUT2D eigenvalue weighted by Crippen LogP contribution is 2.33. The summed E-state index contributed by atoms with van der Waals surface area (Å²) in [5.41, 5.74) is 2.08. The molecule has 0 bridgehead atoms. The molecule has 0 aliphatic rings. The number of carbonyl (C=O) groups is 1. The third-order valence-corrected chi connectivity index (χ3v) is 4.92. The first-order valence-corrected chi connectivity index (χ1v) is 9.92. The van der Waals surface area contributed by atoms with E-state index in [9.17, 15) is 4.79 Å². The molecule has 33 heavy (non-hydrogen) atoms. The van der Waals surface area contributed by atoms with Crippen LogP contribution in [0.3, 0.4) is 0 Å². The molecule has 10 nitrogen and oxygen atoms in total. The molecule has 0 saturated heterocycles. The predicted octanol–water partition coefficient (Wildman–Crippen LogP) is 4.28. The zero-order chi connectivity index (χ0) is 22.9. The first-order chi connectivity index (χ1) is 16.0. The highest BCUT2D eigenvalue weighted by atomic mass is 19.1. The molecule has 0 saturated carbocycles. The fourth-order valence-electron chi connectivity index (χ4n) is 3.41. The Balaban J connectivity index is 1.51. The van der Waals surface area contributed by atoms with Gasteiger partial charge in [-0.2, -0.15) is 5.10 Å². The van der Waals surface area contributed by atoms with E-state index in [1.807, 2.05) is 6.92 Å². The van der Waals surface area contributed by atoms with Crippen molar-refractivity contribution in [1.29, 1.82) is 0 Å². The number of aromatic nitrogens is 5. The number of aryl methyl sites for hydroxylation is 1. The number of furan rings is 1. The van der Waals surface area contributed by atoms with Crippen LogP contribution in [0.25, 0.3) is 22.4 Å². The SMILES string of the molecule is CNC(=O)c1c(Nc2cc(-c3ccco3)[nH]n2)ncnc1Oc1ccc2[nH]c(C)cc2c1F. The minimum absolute atomic E-state index is 0.00713. The van der Waals surface area contributed by atoms with Crippen LogP contribution in [0.4, 0.5) is 16.0 Å².